The van der Waals surface area contributed by atoms with Gasteiger partial charge in [-0.3, -0.25) is 14.3 Å². The lowest BCUT2D eigenvalue weighted by Crippen LogP contribution is -2.11. The first-order valence-corrected chi connectivity index (χ1v) is 5.08. The van der Waals surface area contributed by atoms with Crippen molar-refractivity contribution in [2.75, 3.05) is 5.73 Å². The number of fused-ring (bicyclic) bond motifs is 1. The normalized spacial score (nSPS) is 21.8. The van der Waals surface area contributed by atoms with Crippen LogP contribution >= 0.6 is 0 Å². The van der Waals surface area contributed by atoms with E-state index in [1.165, 1.54) is 5.57 Å². The topological polar surface area (TPSA) is 89.6 Å². The smallest absolute Gasteiger partial charge is 0.280 e. The number of imidazole rings is 1. The Kier molecular flexibility index (Phi) is 1.68. The quantitative estimate of drug-likeness (QED) is 0.731. The van der Waals surface area contributed by atoms with Gasteiger partial charge < -0.3 is 5.73 Å². The molecule has 3 N–H and O–H groups in total. The Morgan fingerprint density at radius 2 is 2.44 bits per heavy atom. The Hall–Kier alpha value is -2.11. The van der Waals surface area contributed by atoms with Crippen LogP contribution in [0.1, 0.15) is 13.3 Å². The zero-order valence-electron chi connectivity index (χ0n) is 8.77. The average Bonchev–Trinajstić information content (AvgIpc) is 2.72. The monoisotopic (exact) mass is 217 g/mol. The van der Waals surface area contributed by atoms with Crippen molar-refractivity contribution >= 4 is 23.3 Å². The standard InChI is InChI=1S/C10H11N5O/c1-5-2-6(5)3-15-4-12-7-8(15)13-10(11)14-9(7)16/h3-5H,2H2,1H3,(H3,11,13,14,16). The van der Waals surface area contributed by atoms with Crippen LogP contribution in [0.15, 0.2) is 16.7 Å². The van der Waals surface area contributed by atoms with Gasteiger partial charge in [0.15, 0.2) is 11.2 Å². The molecule has 1 aliphatic rings. The molecule has 0 bridgehead atoms. The number of anilines is 1. The molecule has 1 fully saturated rings. The molecule has 1 aliphatic carbocycles. The number of nitrogens with zero attached hydrogens (tertiary/aromatic N) is 3. The number of aromatic amines is 1. The maximum Gasteiger partial charge on any atom is 0.280 e. The summed E-state index contributed by atoms with van der Waals surface area (Å²) in [7, 11) is 0. The molecule has 6 nitrogen and oxygen atoms in total. The SMILES string of the molecule is CC1CC1=Cn1cnc2c(=O)[nH]c(N)nc21. The number of nitrogens with two attached hydrogens (primary N) is 1. The second-order valence-corrected chi connectivity index (χ2v) is 4.08. The Morgan fingerprint density at radius 3 is 3.12 bits per heavy atom. The fourth-order valence-corrected chi connectivity index (χ4v) is 1.69. The van der Waals surface area contributed by atoms with Crippen molar-refractivity contribution in [3.05, 3.63) is 22.3 Å². The summed E-state index contributed by atoms with van der Waals surface area (Å²) in [4.78, 5) is 22.0. The van der Waals surface area contributed by atoms with E-state index in [1.54, 1.807) is 10.9 Å². The van der Waals surface area contributed by atoms with Gasteiger partial charge in [-0.05, 0) is 17.9 Å². The van der Waals surface area contributed by atoms with E-state index in [-0.39, 0.29) is 11.5 Å². The number of aromatic nitrogens is 4. The van der Waals surface area contributed by atoms with Crippen molar-refractivity contribution in [3.8, 4) is 0 Å². The van der Waals surface area contributed by atoms with Crippen LogP contribution in [-0.2, 0) is 0 Å². The van der Waals surface area contributed by atoms with Crippen LogP contribution in [0.2, 0.25) is 0 Å². The molecule has 0 spiro atoms. The van der Waals surface area contributed by atoms with Gasteiger partial charge in [-0.15, -0.1) is 0 Å². The highest BCUT2D eigenvalue weighted by Crippen LogP contribution is 2.37. The molecule has 16 heavy (non-hydrogen) atoms. The number of hydrogen-bond donors (Lipinski definition) is 2. The van der Waals surface area contributed by atoms with Gasteiger partial charge in [0, 0.05) is 6.20 Å². The van der Waals surface area contributed by atoms with Crippen LogP contribution in [-0.4, -0.2) is 19.5 Å². The van der Waals surface area contributed by atoms with E-state index in [2.05, 4.69) is 21.9 Å². The van der Waals surface area contributed by atoms with Crippen LogP contribution in [0.25, 0.3) is 17.4 Å². The third kappa shape index (κ3) is 1.30. The van der Waals surface area contributed by atoms with Gasteiger partial charge in [-0.2, -0.15) is 4.98 Å². The number of hydrogen-bond acceptors (Lipinski definition) is 4. The maximum absolute atomic E-state index is 11.5. The van der Waals surface area contributed by atoms with E-state index in [0.29, 0.717) is 17.1 Å². The summed E-state index contributed by atoms with van der Waals surface area (Å²) in [6.07, 6.45) is 4.65. The molecule has 2 aromatic heterocycles. The van der Waals surface area contributed by atoms with E-state index >= 15 is 0 Å². The van der Waals surface area contributed by atoms with E-state index < -0.39 is 0 Å². The second kappa shape index (κ2) is 2.94. The van der Waals surface area contributed by atoms with Gasteiger partial charge >= 0.3 is 0 Å². The summed E-state index contributed by atoms with van der Waals surface area (Å²) in [5.74, 6) is 0.735. The highest BCUT2D eigenvalue weighted by molar-refractivity contribution is 5.73. The van der Waals surface area contributed by atoms with Crippen LogP contribution in [0.3, 0.4) is 0 Å². The number of allylic oxidation sites excluding steroid dienone is 1. The minimum atomic E-state index is -0.302. The fourth-order valence-electron chi connectivity index (χ4n) is 1.69. The average molecular weight is 217 g/mol. The van der Waals surface area contributed by atoms with Gasteiger partial charge in [0.25, 0.3) is 5.56 Å². The van der Waals surface area contributed by atoms with E-state index in [4.69, 9.17) is 5.73 Å². The van der Waals surface area contributed by atoms with Crippen LogP contribution in [0.4, 0.5) is 5.95 Å². The summed E-state index contributed by atoms with van der Waals surface area (Å²) < 4.78 is 1.75. The first-order chi connectivity index (χ1) is 7.65. The lowest BCUT2D eigenvalue weighted by Gasteiger charge is -1.95. The van der Waals surface area contributed by atoms with Gasteiger partial charge in [-0.25, -0.2) is 4.98 Å². The van der Waals surface area contributed by atoms with Gasteiger partial charge in [0.1, 0.15) is 6.33 Å². The Labute approximate surface area is 90.8 Å². The van der Waals surface area contributed by atoms with Crippen molar-refractivity contribution in [2.24, 2.45) is 5.92 Å². The zero-order valence-corrected chi connectivity index (χ0v) is 8.77. The van der Waals surface area contributed by atoms with Crippen molar-refractivity contribution in [2.45, 2.75) is 13.3 Å². The lowest BCUT2D eigenvalue weighted by molar-refractivity contribution is 1.02. The van der Waals surface area contributed by atoms with E-state index in [0.717, 1.165) is 6.42 Å². The molecule has 0 saturated heterocycles. The summed E-state index contributed by atoms with van der Waals surface area (Å²) >= 11 is 0. The summed E-state index contributed by atoms with van der Waals surface area (Å²) in [6.45, 7) is 2.15. The molecule has 1 atom stereocenters. The van der Waals surface area contributed by atoms with E-state index in [1.807, 2.05) is 6.20 Å². The molecule has 6 heteroatoms. The van der Waals surface area contributed by atoms with Crippen molar-refractivity contribution in [1.82, 2.24) is 19.5 Å². The summed E-state index contributed by atoms with van der Waals surface area (Å²) in [5.41, 5.74) is 7.36. The molecule has 0 radical (unpaired) electrons. The number of H-pyrrole nitrogens is 1. The molecular weight excluding hydrogens is 206 g/mol. The van der Waals surface area contributed by atoms with Crippen molar-refractivity contribution in [1.29, 1.82) is 0 Å². The lowest BCUT2D eigenvalue weighted by atomic mass is 10.4. The molecule has 0 aliphatic heterocycles. The van der Waals surface area contributed by atoms with Gasteiger partial charge in [0.2, 0.25) is 5.95 Å². The Morgan fingerprint density at radius 1 is 1.69 bits per heavy atom. The van der Waals surface area contributed by atoms with Crippen LogP contribution in [0.5, 0.6) is 0 Å². The van der Waals surface area contributed by atoms with E-state index in [9.17, 15) is 4.79 Å². The first kappa shape index (κ1) is 9.14. The van der Waals surface area contributed by atoms with Crippen molar-refractivity contribution in [3.63, 3.8) is 0 Å². The van der Waals surface area contributed by atoms with Gasteiger partial charge in [-0.1, -0.05) is 6.92 Å². The van der Waals surface area contributed by atoms with Crippen LogP contribution < -0.4 is 11.3 Å². The highest BCUT2D eigenvalue weighted by atomic mass is 16.1. The molecule has 1 unspecified atom stereocenters. The number of nitrogens with one attached hydrogen (secondary N) is 1. The predicted octanol–water partition coefficient (Wildman–Crippen LogP) is 0.582. The zero-order chi connectivity index (χ0) is 11.3. The fraction of sp³-hybridized carbons (Fsp3) is 0.300. The molecule has 2 heterocycles. The minimum absolute atomic E-state index is 0.112. The Balaban J connectivity index is 2.23. The molecule has 0 aromatic carbocycles. The third-order valence-corrected chi connectivity index (χ3v) is 2.77. The Bertz CT molecular complexity index is 651. The molecule has 2 aromatic rings. The third-order valence-electron chi connectivity index (χ3n) is 2.77. The number of nitrogen functional groups attached to an aromatic ring is 1. The molecule has 1 saturated carbocycles. The molecular formula is C10H11N5O. The van der Waals surface area contributed by atoms with Gasteiger partial charge in [0.05, 0.1) is 0 Å². The molecule has 0 amide bonds. The maximum atomic E-state index is 11.5. The minimum Gasteiger partial charge on any atom is -0.369 e. The summed E-state index contributed by atoms with van der Waals surface area (Å²) in [5, 5.41) is 0. The largest absolute Gasteiger partial charge is 0.369 e. The first-order valence-electron chi connectivity index (χ1n) is 5.08. The highest BCUT2D eigenvalue weighted by Gasteiger charge is 2.24. The molecule has 82 valence electrons. The predicted molar refractivity (Wildman–Crippen MR) is 60.6 cm³/mol. The van der Waals surface area contributed by atoms with Crippen molar-refractivity contribution < 1.29 is 0 Å². The molecule has 3 rings (SSSR count). The number of rotatable bonds is 1. The second-order valence-electron chi connectivity index (χ2n) is 4.08. The summed E-state index contributed by atoms with van der Waals surface area (Å²) in [6, 6.07) is 0. The van der Waals surface area contributed by atoms with Crippen LogP contribution in [0, 0.1) is 5.92 Å².